The minimum atomic E-state index is -0.953. The van der Waals surface area contributed by atoms with Crippen LogP contribution in [0.15, 0.2) is 24.3 Å². The van der Waals surface area contributed by atoms with Gasteiger partial charge in [0.15, 0.2) is 5.69 Å². The molecule has 1 aromatic carbocycles. The van der Waals surface area contributed by atoms with E-state index >= 15 is 0 Å². The Kier molecular flexibility index (Phi) is 5.53. The Labute approximate surface area is 155 Å². The molecule has 3 rings (SSSR count). The number of aromatic nitrogens is 3. The van der Waals surface area contributed by atoms with Crippen molar-refractivity contribution in [3.05, 3.63) is 40.7 Å². The highest BCUT2D eigenvalue weighted by atomic mass is 35.5. The molecule has 0 spiro atoms. The largest absolute Gasteiger partial charge is 0.481 e. The van der Waals surface area contributed by atoms with E-state index in [1.807, 2.05) is 13.0 Å². The molecule has 1 atom stereocenters. The highest BCUT2D eigenvalue weighted by molar-refractivity contribution is 6.30. The number of hydrogen-bond acceptors (Lipinski definition) is 5. The van der Waals surface area contributed by atoms with Gasteiger partial charge in [-0.1, -0.05) is 29.8 Å². The molecule has 1 aliphatic rings. The summed E-state index contributed by atoms with van der Waals surface area (Å²) in [7, 11) is 0. The van der Waals surface area contributed by atoms with Gasteiger partial charge in [0.05, 0.1) is 30.5 Å². The predicted octanol–water partition coefficient (Wildman–Crippen LogP) is 1.80. The molecule has 1 saturated heterocycles. The van der Waals surface area contributed by atoms with Crippen LogP contribution in [0.25, 0.3) is 5.69 Å². The lowest BCUT2D eigenvalue weighted by molar-refractivity contribution is -0.141. The quantitative estimate of drug-likeness (QED) is 0.852. The van der Waals surface area contributed by atoms with E-state index in [1.165, 1.54) is 0 Å². The van der Waals surface area contributed by atoms with E-state index in [-0.39, 0.29) is 24.6 Å². The summed E-state index contributed by atoms with van der Waals surface area (Å²) in [6.07, 6.45) is -0.0958. The smallest absolute Gasteiger partial charge is 0.306 e. The summed E-state index contributed by atoms with van der Waals surface area (Å²) in [5.41, 5.74) is 1.67. The summed E-state index contributed by atoms with van der Waals surface area (Å²) in [6.45, 7) is 2.83. The molecular formula is C17H19ClN4O4. The highest BCUT2D eigenvalue weighted by Gasteiger charge is 2.30. The molecule has 1 unspecified atom stereocenters. The Morgan fingerprint density at radius 1 is 1.42 bits per heavy atom. The number of rotatable bonds is 5. The maximum absolute atomic E-state index is 12.9. The Morgan fingerprint density at radius 3 is 2.92 bits per heavy atom. The van der Waals surface area contributed by atoms with Gasteiger partial charge in [-0.3, -0.25) is 9.59 Å². The van der Waals surface area contributed by atoms with E-state index in [2.05, 4.69) is 10.3 Å². The Hall–Kier alpha value is -2.45. The van der Waals surface area contributed by atoms with Crippen LogP contribution >= 0.6 is 11.6 Å². The van der Waals surface area contributed by atoms with Crippen LogP contribution in [-0.4, -0.2) is 62.7 Å². The lowest BCUT2D eigenvalue weighted by Gasteiger charge is -2.32. The van der Waals surface area contributed by atoms with Gasteiger partial charge in [-0.2, -0.15) is 0 Å². The van der Waals surface area contributed by atoms with E-state index in [4.69, 9.17) is 21.4 Å². The molecular weight excluding hydrogens is 360 g/mol. The molecule has 0 radical (unpaired) electrons. The first-order valence-electron chi connectivity index (χ1n) is 8.32. The predicted molar refractivity (Wildman–Crippen MR) is 93.6 cm³/mol. The minimum Gasteiger partial charge on any atom is -0.481 e. The van der Waals surface area contributed by atoms with Gasteiger partial charge in [-0.05, 0) is 24.6 Å². The molecule has 2 heterocycles. The SMILES string of the molecule is CCc1c(C(=O)N2CCOC(CC(=O)O)C2)nnn1-c1cccc(Cl)c1. The number of nitrogens with zero attached hydrogens (tertiary/aromatic N) is 4. The van der Waals surface area contributed by atoms with E-state index < -0.39 is 12.1 Å². The van der Waals surface area contributed by atoms with Crippen LogP contribution in [0.4, 0.5) is 0 Å². The molecule has 8 nitrogen and oxygen atoms in total. The fraction of sp³-hybridized carbons (Fsp3) is 0.412. The minimum absolute atomic E-state index is 0.139. The van der Waals surface area contributed by atoms with Gasteiger partial charge in [0.2, 0.25) is 0 Å². The third-order valence-corrected chi connectivity index (χ3v) is 4.42. The monoisotopic (exact) mass is 378 g/mol. The number of ether oxygens (including phenoxy) is 1. The molecule has 0 aliphatic carbocycles. The second-order valence-electron chi connectivity index (χ2n) is 5.97. The summed E-state index contributed by atoms with van der Waals surface area (Å²) in [6, 6.07) is 7.15. The first-order chi connectivity index (χ1) is 12.5. The van der Waals surface area contributed by atoms with E-state index in [0.717, 1.165) is 5.69 Å². The summed E-state index contributed by atoms with van der Waals surface area (Å²) in [4.78, 5) is 25.4. The fourth-order valence-electron chi connectivity index (χ4n) is 2.97. The molecule has 0 bridgehead atoms. The molecule has 1 amide bonds. The van der Waals surface area contributed by atoms with Crippen LogP contribution in [0, 0.1) is 0 Å². The van der Waals surface area contributed by atoms with Crippen molar-refractivity contribution in [2.45, 2.75) is 25.9 Å². The van der Waals surface area contributed by atoms with Crippen molar-refractivity contribution < 1.29 is 19.4 Å². The van der Waals surface area contributed by atoms with Crippen molar-refractivity contribution in [3.63, 3.8) is 0 Å². The number of carbonyl (C=O) groups excluding carboxylic acids is 1. The number of carbonyl (C=O) groups is 2. The van der Waals surface area contributed by atoms with Crippen LogP contribution < -0.4 is 0 Å². The molecule has 1 aromatic heterocycles. The first-order valence-corrected chi connectivity index (χ1v) is 8.70. The third kappa shape index (κ3) is 3.86. The molecule has 2 aromatic rings. The van der Waals surface area contributed by atoms with Crippen LogP contribution in [0.3, 0.4) is 0 Å². The lowest BCUT2D eigenvalue weighted by Crippen LogP contribution is -2.46. The van der Waals surface area contributed by atoms with Crippen LogP contribution in [0.1, 0.15) is 29.5 Å². The van der Waals surface area contributed by atoms with Gasteiger partial charge in [0.1, 0.15) is 0 Å². The molecule has 0 saturated carbocycles. The van der Waals surface area contributed by atoms with Crippen molar-refractivity contribution in [1.82, 2.24) is 19.9 Å². The maximum atomic E-state index is 12.9. The van der Waals surface area contributed by atoms with Crippen molar-refractivity contribution in [3.8, 4) is 5.69 Å². The van der Waals surface area contributed by atoms with Gasteiger partial charge in [-0.25, -0.2) is 4.68 Å². The number of morpholine rings is 1. The molecule has 138 valence electrons. The summed E-state index contributed by atoms with van der Waals surface area (Å²) in [5, 5.41) is 17.7. The van der Waals surface area contributed by atoms with Crippen LogP contribution in [0.2, 0.25) is 5.02 Å². The number of carboxylic acid groups (broad SMARTS) is 1. The Morgan fingerprint density at radius 2 is 2.23 bits per heavy atom. The molecule has 1 fully saturated rings. The zero-order valence-electron chi connectivity index (χ0n) is 14.3. The summed E-state index contributed by atoms with van der Waals surface area (Å²) in [5.74, 6) is -1.22. The Bertz CT molecular complexity index is 823. The van der Waals surface area contributed by atoms with Crippen LogP contribution in [0.5, 0.6) is 0 Å². The van der Waals surface area contributed by atoms with Crippen molar-refractivity contribution in [1.29, 1.82) is 0 Å². The van der Waals surface area contributed by atoms with Crippen molar-refractivity contribution in [2.75, 3.05) is 19.7 Å². The summed E-state index contributed by atoms with van der Waals surface area (Å²) < 4.78 is 7.02. The number of carboxylic acids is 1. The maximum Gasteiger partial charge on any atom is 0.306 e. The molecule has 26 heavy (non-hydrogen) atoms. The zero-order chi connectivity index (χ0) is 18.7. The Balaban J connectivity index is 1.85. The van der Waals surface area contributed by atoms with Crippen molar-refractivity contribution >= 4 is 23.5 Å². The van der Waals surface area contributed by atoms with E-state index in [0.29, 0.717) is 30.3 Å². The lowest BCUT2D eigenvalue weighted by atomic mass is 10.1. The average molecular weight is 379 g/mol. The van der Waals surface area contributed by atoms with Gasteiger partial charge in [0, 0.05) is 18.1 Å². The second kappa shape index (κ2) is 7.84. The number of aliphatic carboxylic acids is 1. The number of hydrogen-bond donors (Lipinski definition) is 1. The fourth-order valence-corrected chi connectivity index (χ4v) is 3.16. The third-order valence-electron chi connectivity index (χ3n) is 4.18. The number of benzene rings is 1. The van der Waals surface area contributed by atoms with Gasteiger partial charge in [-0.15, -0.1) is 5.10 Å². The van der Waals surface area contributed by atoms with Crippen molar-refractivity contribution in [2.24, 2.45) is 0 Å². The second-order valence-corrected chi connectivity index (χ2v) is 6.41. The number of halogens is 1. The summed E-state index contributed by atoms with van der Waals surface area (Å²) >= 11 is 6.04. The molecule has 1 N–H and O–H groups in total. The number of amides is 1. The first kappa shape index (κ1) is 18.3. The average Bonchev–Trinajstić information content (AvgIpc) is 3.04. The normalized spacial score (nSPS) is 17.3. The highest BCUT2D eigenvalue weighted by Crippen LogP contribution is 2.20. The van der Waals surface area contributed by atoms with E-state index in [9.17, 15) is 9.59 Å². The van der Waals surface area contributed by atoms with Gasteiger partial charge < -0.3 is 14.7 Å². The van der Waals surface area contributed by atoms with Crippen LogP contribution in [-0.2, 0) is 16.0 Å². The standard InChI is InChI=1S/C17H19ClN4O4/c1-2-14-16(19-20-22(14)12-5-3-4-11(18)8-12)17(25)21-6-7-26-13(10-21)9-15(23)24/h3-5,8,13H,2,6-7,9-10H2,1H3,(H,23,24). The van der Waals surface area contributed by atoms with Gasteiger partial charge in [0.25, 0.3) is 5.91 Å². The molecule has 9 heteroatoms. The van der Waals surface area contributed by atoms with Gasteiger partial charge >= 0.3 is 5.97 Å². The zero-order valence-corrected chi connectivity index (χ0v) is 15.0. The molecule has 1 aliphatic heterocycles. The van der Waals surface area contributed by atoms with E-state index in [1.54, 1.807) is 27.8 Å². The topological polar surface area (TPSA) is 97.6 Å².